The molecule has 1 saturated heterocycles. The van der Waals surface area contributed by atoms with Crippen molar-refractivity contribution in [1.29, 1.82) is 0 Å². The highest BCUT2D eigenvalue weighted by molar-refractivity contribution is 6.29. The fourth-order valence-electron chi connectivity index (χ4n) is 1.97. The van der Waals surface area contributed by atoms with Gasteiger partial charge in [-0.3, -0.25) is 5.43 Å². The van der Waals surface area contributed by atoms with Gasteiger partial charge in [-0.2, -0.15) is 0 Å². The summed E-state index contributed by atoms with van der Waals surface area (Å²) in [6.45, 7) is 1.10. The van der Waals surface area contributed by atoms with E-state index in [9.17, 15) is 0 Å². The van der Waals surface area contributed by atoms with E-state index in [1.165, 1.54) is 18.4 Å². The lowest BCUT2D eigenvalue weighted by molar-refractivity contribution is 0.190. The molecule has 0 spiro atoms. The molecule has 15 heavy (non-hydrogen) atoms. The number of nitrogens with zero attached hydrogens (tertiary/aromatic N) is 2. The molecule has 0 amide bonds. The molecule has 1 aliphatic rings. The van der Waals surface area contributed by atoms with Crippen molar-refractivity contribution in [2.75, 3.05) is 13.6 Å². The summed E-state index contributed by atoms with van der Waals surface area (Å²) in [5.41, 5.74) is 4.44. The van der Waals surface area contributed by atoms with E-state index in [2.05, 4.69) is 21.5 Å². The topological polar surface area (TPSA) is 28.2 Å². The first-order valence-corrected chi connectivity index (χ1v) is 5.24. The molecule has 3 nitrogen and oxygen atoms in total. The molecule has 1 N–H and O–H groups in total. The van der Waals surface area contributed by atoms with Crippen molar-refractivity contribution >= 4 is 24.0 Å². The molecule has 1 atom stereocenters. The third-order valence-corrected chi connectivity index (χ3v) is 2.90. The molecule has 1 aromatic heterocycles. The average Bonchev–Trinajstić information content (AvgIpc) is 2.67. The Bertz CT molecular complexity index is 302. The van der Waals surface area contributed by atoms with Crippen LogP contribution >= 0.6 is 24.0 Å². The second kappa shape index (κ2) is 5.66. The van der Waals surface area contributed by atoms with Crippen molar-refractivity contribution in [3.63, 3.8) is 0 Å². The Labute approximate surface area is 101 Å². The van der Waals surface area contributed by atoms with Crippen molar-refractivity contribution in [3.8, 4) is 0 Å². The zero-order valence-electron chi connectivity index (χ0n) is 8.61. The normalized spacial score (nSPS) is 21.3. The molecule has 0 radical (unpaired) electrons. The lowest BCUT2D eigenvalue weighted by atomic mass is 10.1. The minimum atomic E-state index is 0. The zero-order valence-corrected chi connectivity index (χ0v) is 10.2. The SMILES string of the molecule is CNN1CCC[C@H]1c1ccc(Cl)nc1.Cl. The van der Waals surface area contributed by atoms with Crippen LogP contribution in [0, 0.1) is 0 Å². The molecule has 1 aliphatic heterocycles. The van der Waals surface area contributed by atoms with Crippen molar-refractivity contribution in [2.24, 2.45) is 0 Å². The highest BCUT2D eigenvalue weighted by Crippen LogP contribution is 2.29. The second-order valence-corrected chi connectivity index (χ2v) is 3.88. The smallest absolute Gasteiger partial charge is 0.129 e. The Morgan fingerprint density at radius 3 is 2.93 bits per heavy atom. The molecule has 1 fully saturated rings. The number of nitrogens with one attached hydrogen (secondary N) is 1. The predicted molar refractivity (Wildman–Crippen MR) is 64.2 cm³/mol. The highest BCUT2D eigenvalue weighted by atomic mass is 35.5. The first kappa shape index (κ1) is 12.7. The van der Waals surface area contributed by atoms with Crippen molar-refractivity contribution in [2.45, 2.75) is 18.9 Å². The molecule has 0 aromatic carbocycles. The molecule has 2 rings (SSSR count). The summed E-state index contributed by atoms with van der Waals surface area (Å²) in [5, 5.41) is 2.80. The monoisotopic (exact) mass is 247 g/mol. The van der Waals surface area contributed by atoms with Crippen LogP contribution in [0.25, 0.3) is 0 Å². The third-order valence-electron chi connectivity index (χ3n) is 2.68. The molecule has 1 aromatic rings. The molecule has 0 saturated carbocycles. The Balaban J connectivity index is 0.00000112. The van der Waals surface area contributed by atoms with Gasteiger partial charge < -0.3 is 0 Å². The van der Waals surface area contributed by atoms with Gasteiger partial charge in [-0.15, -0.1) is 12.4 Å². The molecule has 5 heteroatoms. The summed E-state index contributed by atoms with van der Waals surface area (Å²) in [4.78, 5) is 4.10. The van der Waals surface area contributed by atoms with E-state index >= 15 is 0 Å². The maximum absolute atomic E-state index is 5.75. The number of rotatable bonds is 2. The number of pyridine rings is 1. The van der Waals surface area contributed by atoms with Gasteiger partial charge in [0.05, 0.1) is 6.04 Å². The van der Waals surface area contributed by atoms with Crippen LogP contribution in [-0.4, -0.2) is 23.6 Å². The summed E-state index contributed by atoms with van der Waals surface area (Å²) in [5.74, 6) is 0. The van der Waals surface area contributed by atoms with Gasteiger partial charge in [0.15, 0.2) is 0 Å². The second-order valence-electron chi connectivity index (χ2n) is 3.49. The molecular formula is C10H15Cl2N3. The van der Waals surface area contributed by atoms with Gasteiger partial charge >= 0.3 is 0 Å². The molecule has 0 unspecified atom stereocenters. The van der Waals surface area contributed by atoms with Crippen LogP contribution in [0.15, 0.2) is 18.3 Å². The summed E-state index contributed by atoms with van der Waals surface area (Å²) in [6, 6.07) is 4.35. The van der Waals surface area contributed by atoms with Crippen LogP contribution in [0.4, 0.5) is 0 Å². The number of aromatic nitrogens is 1. The minimum Gasteiger partial charge on any atom is -0.258 e. The maximum atomic E-state index is 5.75. The molecule has 84 valence electrons. The summed E-state index contributed by atoms with van der Waals surface area (Å²) < 4.78 is 0. The van der Waals surface area contributed by atoms with Gasteiger partial charge in [-0.1, -0.05) is 17.7 Å². The van der Waals surface area contributed by atoms with Crippen molar-refractivity contribution in [1.82, 2.24) is 15.4 Å². The quantitative estimate of drug-likeness (QED) is 0.815. The summed E-state index contributed by atoms with van der Waals surface area (Å²) in [7, 11) is 1.96. The van der Waals surface area contributed by atoms with Crippen LogP contribution in [0.3, 0.4) is 0 Å². The Morgan fingerprint density at radius 1 is 1.53 bits per heavy atom. The largest absolute Gasteiger partial charge is 0.258 e. The molecular weight excluding hydrogens is 233 g/mol. The van der Waals surface area contributed by atoms with E-state index in [1.807, 2.05) is 19.3 Å². The minimum absolute atomic E-state index is 0. The highest BCUT2D eigenvalue weighted by Gasteiger charge is 2.24. The third kappa shape index (κ3) is 2.82. The lowest BCUT2D eigenvalue weighted by Crippen LogP contribution is -2.34. The Hall–Kier alpha value is -0.350. The number of hydrazine groups is 1. The Kier molecular flexibility index (Phi) is 4.80. The van der Waals surface area contributed by atoms with E-state index in [0.29, 0.717) is 11.2 Å². The van der Waals surface area contributed by atoms with Crippen LogP contribution < -0.4 is 5.43 Å². The van der Waals surface area contributed by atoms with Gasteiger partial charge in [0.25, 0.3) is 0 Å². The van der Waals surface area contributed by atoms with Crippen LogP contribution in [0.1, 0.15) is 24.4 Å². The fraction of sp³-hybridized carbons (Fsp3) is 0.500. The summed E-state index contributed by atoms with van der Waals surface area (Å²) >= 11 is 5.75. The van der Waals surface area contributed by atoms with Crippen molar-refractivity contribution < 1.29 is 0 Å². The molecule has 2 heterocycles. The van der Waals surface area contributed by atoms with E-state index < -0.39 is 0 Å². The number of hydrogen-bond donors (Lipinski definition) is 1. The van der Waals surface area contributed by atoms with Crippen molar-refractivity contribution in [3.05, 3.63) is 29.0 Å². The van der Waals surface area contributed by atoms with E-state index in [0.717, 1.165) is 6.54 Å². The first-order valence-electron chi connectivity index (χ1n) is 4.87. The van der Waals surface area contributed by atoms with Crippen LogP contribution in [0.5, 0.6) is 0 Å². The van der Waals surface area contributed by atoms with Gasteiger partial charge in [-0.05, 0) is 31.5 Å². The van der Waals surface area contributed by atoms with Crippen LogP contribution in [0.2, 0.25) is 5.15 Å². The van der Waals surface area contributed by atoms with E-state index in [4.69, 9.17) is 11.6 Å². The molecule has 0 aliphatic carbocycles. The molecule has 0 bridgehead atoms. The maximum Gasteiger partial charge on any atom is 0.129 e. The van der Waals surface area contributed by atoms with Gasteiger partial charge in [0, 0.05) is 12.7 Å². The Morgan fingerprint density at radius 2 is 2.33 bits per heavy atom. The summed E-state index contributed by atoms with van der Waals surface area (Å²) in [6.07, 6.45) is 4.28. The number of hydrogen-bond acceptors (Lipinski definition) is 3. The predicted octanol–water partition coefficient (Wildman–Crippen LogP) is 2.43. The number of halogens is 2. The first-order chi connectivity index (χ1) is 6.81. The zero-order chi connectivity index (χ0) is 9.97. The van der Waals surface area contributed by atoms with Crippen LogP contribution in [-0.2, 0) is 0 Å². The van der Waals surface area contributed by atoms with Gasteiger partial charge in [0.2, 0.25) is 0 Å². The fourth-order valence-corrected chi connectivity index (χ4v) is 2.08. The van der Waals surface area contributed by atoms with E-state index in [-0.39, 0.29) is 12.4 Å². The van der Waals surface area contributed by atoms with Gasteiger partial charge in [-0.25, -0.2) is 9.99 Å². The van der Waals surface area contributed by atoms with E-state index in [1.54, 1.807) is 0 Å². The standard InChI is InChI=1S/C10H14ClN3.ClH/c1-12-14-6-2-3-9(14)8-4-5-10(11)13-7-8;/h4-5,7,9,12H,2-3,6H2,1H3;1H/t9-;/m0./s1. The lowest BCUT2D eigenvalue weighted by Gasteiger charge is -2.23. The average molecular weight is 248 g/mol. The van der Waals surface area contributed by atoms with Gasteiger partial charge in [0.1, 0.15) is 5.15 Å².